The number of carbonyl (C=O) groups excluding carboxylic acids is 1. The summed E-state index contributed by atoms with van der Waals surface area (Å²) in [4.78, 5) is 15.7. The third-order valence-corrected chi connectivity index (χ3v) is 3.51. The van der Waals surface area contributed by atoms with Crippen molar-refractivity contribution in [3.05, 3.63) is 40.8 Å². The van der Waals surface area contributed by atoms with E-state index in [9.17, 15) is 9.90 Å². The number of methoxy groups -OCH3 is 1. The van der Waals surface area contributed by atoms with E-state index < -0.39 is 0 Å². The van der Waals surface area contributed by atoms with E-state index in [4.69, 9.17) is 10.5 Å². The third-order valence-electron chi connectivity index (χ3n) is 2.70. The lowest BCUT2D eigenvalue weighted by Crippen LogP contribution is -2.01. The number of carbonyl (C=O) groups is 1. The Bertz CT molecular complexity index is 636. The van der Waals surface area contributed by atoms with Gasteiger partial charge in [-0.15, -0.1) is 6.58 Å². The Balaban J connectivity index is 2.42. The van der Waals surface area contributed by atoms with Crippen LogP contribution in [0.5, 0.6) is 11.5 Å². The van der Waals surface area contributed by atoms with Crippen LogP contribution in [0, 0.1) is 0 Å². The maximum Gasteiger partial charge on any atom is 0.286 e. The molecule has 1 aliphatic rings. The van der Waals surface area contributed by atoms with E-state index in [1.165, 1.54) is 7.11 Å². The number of ether oxygens (including phenoxy) is 1. The molecule has 20 heavy (non-hydrogen) atoms. The molecule has 6 heteroatoms. The van der Waals surface area contributed by atoms with Crippen molar-refractivity contribution >= 4 is 28.9 Å². The van der Waals surface area contributed by atoms with Crippen LogP contribution >= 0.6 is 11.8 Å². The minimum absolute atomic E-state index is 0.0794. The summed E-state index contributed by atoms with van der Waals surface area (Å²) >= 11 is 1.12. The Hall–Kier alpha value is -2.21. The molecule has 0 aromatic heterocycles. The first kappa shape index (κ1) is 14.2. The van der Waals surface area contributed by atoms with E-state index in [1.54, 1.807) is 24.3 Å². The number of nitrogens with zero attached hydrogens (tertiary/aromatic N) is 1. The number of benzene rings is 1. The van der Waals surface area contributed by atoms with Crippen LogP contribution in [0.4, 0.5) is 0 Å². The molecule has 0 fully saturated rings. The molecule has 1 aromatic rings. The normalized spacial score (nSPS) is 16.4. The average molecular weight is 290 g/mol. The van der Waals surface area contributed by atoms with Crippen molar-refractivity contribution in [2.45, 2.75) is 6.42 Å². The number of phenols is 1. The standard InChI is InChI=1S/C14H14N2O3S/c1-3-4-9-5-8(6-10(19-2)12(9)17)7-11-13(18)16-14(15)20-11/h3,5-7,17H,1,4H2,2H3,(H2,15,16,18)/b11-7+. The van der Waals surface area contributed by atoms with Gasteiger partial charge in [-0.1, -0.05) is 6.08 Å². The second-order valence-corrected chi connectivity index (χ2v) is 5.15. The van der Waals surface area contributed by atoms with E-state index >= 15 is 0 Å². The number of amidine groups is 1. The molecule has 1 aromatic carbocycles. The van der Waals surface area contributed by atoms with Crippen LogP contribution in [0.1, 0.15) is 11.1 Å². The van der Waals surface area contributed by atoms with Gasteiger partial charge in [0.25, 0.3) is 5.91 Å². The zero-order chi connectivity index (χ0) is 14.7. The van der Waals surface area contributed by atoms with Crippen LogP contribution in [-0.4, -0.2) is 23.3 Å². The molecule has 3 N–H and O–H groups in total. The van der Waals surface area contributed by atoms with Crippen molar-refractivity contribution in [2.75, 3.05) is 7.11 Å². The van der Waals surface area contributed by atoms with Gasteiger partial charge in [-0.25, -0.2) is 0 Å². The summed E-state index contributed by atoms with van der Waals surface area (Å²) in [5, 5.41) is 10.2. The van der Waals surface area contributed by atoms with Crippen LogP contribution < -0.4 is 10.5 Å². The molecule has 1 aliphatic heterocycles. The number of hydrogen-bond donors (Lipinski definition) is 2. The van der Waals surface area contributed by atoms with Crippen LogP contribution in [0.3, 0.4) is 0 Å². The van der Waals surface area contributed by atoms with Crippen molar-refractivity contribution in [1.82, 2.24) is 0 Å². The SMILES string of the molecule is C=CCc1cc(/C=C2/SC(N)=NC2=O)cc(OC)c1O. The number of hydrogen-bond acceptors (Lipinski definition) is 5. The highest BCUT2D eigenvalue weighted by Crippen LogP contribution is 2.34. The van der Waals surface area contributed by atoms with Gasteiger partial charge < -0.3 is 15.6 Å². The van der Waals surface area contributed by atoms with E-state index in [2.05, 4.69) is 11.6 Å². The summed E-state index contributed by atoms with van der Waals surface area (Å²) < 4.78 is 5.13. The summed E-state index contributed by atoms with van der Waals surface area (Å²) in [6.45, 7) is 3.65. The second-order valence-electron chi connectivity index (χ2n) is 4.09. The molecule has 2 rings (SSSR count). The van der Waals surface area contributed by atoms with Gasteiger partial charge in [0.05, 0.1) is 12.0 Å². The van der Waals surface area contributed by atoms with Gasteiger partial charge in [0, 0.05) is 5.56 Å². The van der Waals surface area contributed by atoms with Gasteiger partial charge in [-0.2, -0.15) is 4.99 Å². The molecule has 0 saturated carbocycles. The summed E-state index contributed by atoms with van der Waals surface area (Å²) in [6.07, 6.45) is 3.85. The molecular weight excluding hydrogens is 276 g/mol. The number of aliphatic imine (C=N–C) groups is 1. The van der Waals surface area contributed by atoms with Gasteiger partial charge in [-0.3, -0.25) is 4.79 Å². The highest BCUT2D eigenvalue weighted by Gasteiger charge is 2.20. The molecule has 0 unspecified atom stereocenters. The van der Waals surface area contributed by atoms with Crippen molar-refractivity contribution in [3.63, 3.8) is 0 Å². The Morgan fingerprint density at radius 2 is 2.30 bits per heavy atom. The number of amides is 1. The van der Waals surface area contributed by atoms with E-state index in [0.717, 1.165) is 17.3 Å². The zero-order valence-electron chi connectivity index (χ0n) is 10.9. The maximum atomic E-state index is 11.6. The monoisotopic (exact) mass is 290 g/mol. The largest absolute Gasteiger partial charge is 0.504 e. The highest BCUT2D eigenvalue weighted by atomic mass is 32.2. The number of nitrogens with two attached hydrogens (primary N) is 1. The van der Waals surface area contributed by atoms with Crippen LogP contribution in [0.15, 0.2) is 34.7 Å². The number of aromatic hydroxyl groups is 1. The van der Waals surface area contributed by atoms with Gasteiger partial charge in [0.1, 0.15) is 0 Å². The first-order valence-electron chi connectivity index (χ1n) is 5.84. The number of thioether (sulfide) groups is 1. The molecule has 5 nitrogen and oxygen atoms in total. The minimum Gasteiger partial charge on any atom is -0.504 e. The smallest absolute Gasteiger partial charge is 0.286 e. The Morgan fingerprint density at radius 1 is 1.55 bits per heavy atom. The van der Waals surface area contributed by atoms with E-state index in [-0.39, 0.29) is 16.8 Å². The minimum atomic E-state index is -0.357. The van der Waals surface area contributed by atoms with Crippen LogP contribution in [0.2, 0.25) is 0 Å². The predicted molar refractivity (Wildman–Crippen MR) is 80.8 cm³/mol. The van der Waals surface area contributed by atoms with Crippen LogP contribution in [0.25, 0.3) is 6.08 Å². The zero-order valence-corrected chi connectivity index (χ0v) is 11.7. The molecule has 0 atom stereocenters. The fraction of sp³-hybridized carbons (Fsp3) is 0.143. The molecule has 0 radical (unpaired) electrons. The molecule has 104 valence electrons. The van der Waals surface area contributed by atoms with Crippen molar-refractivity contribution in [3.8, 4) is 11.5 Å². The van der Waals surface area contributed by atoms with E-state index in [1.807, 2.05) is 0 Å². The summed E-state index contributed by atoms with van der Waals surface area (Å²) in [7, 11) is 1.47. The predicted octanol–water partition coefficient (Wildman–Crippen LogP) is 2.06. The second kappa shape index (κ2) is 5.83. The van der Waals surface area contributed by atoms with Gasteiger partial charge in [0.2, 0.25) is 0 Å². The lowest BCUT2D eigenvalue weighted by molar-refractivity contribution is -0.113. The molecule has 1 amide bonds. The van der Waals surface area contributed by atoms with Crippen molar-refractivity contribution in [1.29, 1.82) is 0 Å². The van der Waals surface area contributed by atoms with Crippen molar-refractivity contribution in [2.24, 2.45) is 10.7 Å². The first-order chi connectivity index (χ1) is 9.55. The summed E-state index contributed by atoms with van der Waals surface area (Å²) in [5.74, 6) is 0.0704. The molecule has 0 aliphatic carbocycles. The Morgan fingerprint density at radius 3 is 2.85 bits per heavy atom. The molecule has 1 heterocycles. The topological polar surface area (TPSA) is 84.9 Å². The van der Waals surface area contributed by atoms with Gasteiger partial charge in [0.15, 0.2) is 16.7 Å². The fourth-order valence-corrected chi connectivity index (χ4v) is 2.50. The average Bonchev–Trinajstić information content (AvgIpc) is 2.71. The lowest BCUT2D eigenvalue weighted by Gasteiger charge is -2.09. The number of allylic oxidation sites excluding steroid dienone is 1. The lowest BCUT2D eigenvalue weighted by atomic mass is 10.1. The van der Waals surface area contributed by atoms with Gasteiger partial charge in [-0.05, 0) is 42.0 Å². The third kappa shape index (κ3) is 2.85. The summed E-state index contributed by atoms with van der Waals surface area (Å²) in [6, 6.07) is 3.42. The molecule has 0 spiro atoms. The number of rotatable bonds is 4. The highest BCUT2D eigenvalue weighted by molar-refractivity contribution is 8.18. The molecular formula is C14H14N2O3S. The van der Waals surface area contributed by atoms with Gasteiger partial charge >= 0.3 is 0 Å². The maximum absolute atomic E-state index is 11.6. The first-order valence-corrected chi connectivity index (χ1v) is 6.65. The number of phenolic OH excluding ortho intramolecular Hbond substituents is 1. The van der Waals surface area contributed by atoms with E-state index in [0.29, 0.717) is 22.6 Å². The summed E-state index contributed by atoms with van der Waals surface area (Å²) in [5.41, 5.74) is 6.91. The molecule has 0 bridgehead atoms. The Kier molecular flexibility index (Phi) is 4.14. The van der Waals surface area contributed by atoms with Crippen LogP contribution in [-0.2, 0) is 11.2 Å². The Labute approximate surface area is 120 Å². The molecule has 0 saturated heterocycles. The van der Waals surface area contributed by atoms with Crippen molar-refractivity contribution < 1.29 is 14.6 Å². The quantitative estimate of drug-likeness (QED) is 0.655. The fourth-order valence-electron chi connectivity index (χ4n) is 1.82.